The van der Waals surface area contributed by atoms with Crippen LogP contribution in [0.25, 0.3) is 0 Å². The van der Waals surface area contributed by atoms with Crippen LogP contribution < -0.4 is 10.1 Å². The molecule has 27 heavy (non-hydrogen) atoms. The maximum atomic E-state index is 12.2. The summed E-state index contributed by atoms with van der Waals surface area (Å²) in [6.45, 7) is 10.8. The summed E-state index contributed by atoms with van der Waals surface area (Å²) in [6.07, 6.45) is 2.60. The van der Waals surface area contributed by atoms with Crippen molar-refractivity contribution in [3.63, 3.8) is 0 Å². The Labute approximate surface area is 162 Å². The molecule has 0 bridgehead atoms. The van der Waals surface area contributed by atoms with Crippen molar-refractivity contribution >= 4 is 5.91 Å². The van der Waals surface area contributed by atoms with Gasteiger partial charge in [0.2, 0.25) is 0 Å². The Morgan fingerprint density at radius 3 is 2.48 bits per heavy atom. The molecule has 0 saturated carbocycles. The number of hydrogen-bond donors (Lipinski definition) is 1. The van der Waals surface area contributed by atoms with E-state index in [2.05, 4.69) is 44.5 Å². The average molecular weight is 361 g/mol. The molecular weight excluding hydrogens is 334 g/mol. The molecule has 3 nitrogen and oxygen atoms in total. The van der Waals surface area contributed by atoms with Gasteiger partial charge in [0.15, 0.2) is 0 Å². The summed E-state index contributed by atoms with van der Waals surface area (Å²) >= 11 is 0. The van der Waals surface area contributed by atoms with Gasteiger partial charge in [-0.15, -0.1) is 6.58 Å². The van der Waals surface area contributed by atoms with E-state index in [1.165, 1.54) is 5.56 Å². The van der Waals surface area contributed by atoms with Gasteiger partial charge in [-0.05, 0) is 41.2 Å². The first-order valence-corrected chi connectivity index (χ1v) is 9.08. The quantitative estimate of drug-likeness (QED) is 0.607. The number of hydrogen-bond acceptors (Lipinski definition) is 2. The van der Waals surface area contributed by atoms with E-state index in [9.17, 15) is 4.79 Å². The molecule has 0 heterocycles. The molecule has 0 atom stereocenters. The SMILES string of the molecule is C=CCc1ccccc1OCC#CCNC(=O)c1ccc(C(C)(C)C)cc1. The molecule has 0 aliphatic carbocycles. The Bertz CT molecular complexity index is 833. The van der Waals surface area contributed by atoms with Crippen molar-refractivity contribution in [1.29, 1.82) is 0 Å². The lowest BCUT2D eigenvalue weighted by atomic mass is 9.87. The molecule has 0 spiro atoms. The molecule has 140 valence electrons. The predicted molar refractivity (Wildman–Crippen MR) is 111 cm³/mol. The van der Waals surface area contributed by atoms with Crippen molar-refractivity contribution in [2.24, 2.45) is 0 Å². The molecule has 0 aromatic heterocycles. The minimum Gasteiger partial charge on any atom is -0.481 e. The normalized spacial score (nSPS) is 10.5. The Hall–Kier alpha value is -2.99. The van der Waals surface area contributed by atoms with E-state index in [1.807, 2.05) is 54.6 Å². The molecule has 0 radical (unpaired) electrons. The second kappa shape index (κ2) is 9.64. The minimum absolute atomic E-state index is 0.0742. The van der Waals surface area contributed by atoms with E-state index in [4.69, 9.17) is 4.74 Å². The maximum Gasteiger partial charge on any atom is 0.252 e. The molecule has 2 rings (SSSR count). The summed E-state index contributed by atoms with van der Waals surface area (Å²) in [6, 6.07) is 15.5. The van der Waals surface area contributed by atoms with Gasteiger partial charge in [0, 0.05) is 5.56 Å². The Morgan fingerprint density at radius 2 is 1.81 bits per heavy atom. The van der Waals surface area contributed by atoms with Gasteiger partial charge in [-0.3, -0.25) is 4.79 Å². The van der Waals surface area contributed by atoms with E-state index in [1.54, 1.807) is 0 Å². The first kappa shape index (κ1) is 20.3. The summed E-state index contributed by atoms with van der Waals surface area (Å²) in [5.41, 5.74) is 3.00. The molecule has 0 fully saturated rings. The van der Waals surface area contributed by atoms with Crippen LogP contribution in [0.2, 0.25) is 0 Å². The van der Waals surface area contributed by atoms with Crippen LogP contribution in [0.5, 0.6) is 5.75 Å². The Kier molecular flexibility index (Phi) is 7.25. The van der Waals surface area contributed by atoms with Crippen LogP contribution in [0.15, 0.2) is 61.2 Å². The van der Waals surface area contributed by atoms with Gasteiger partial charge in [-0.25, -0.2) is 0 Å². The Balaban J connectivity index is 1.80. The summed E-state index contributed by atoms with van der Waals surface area (Å²) in [4.78, 5) is 12.2. The lowest BCUT2D eigenvalue weighted by molar-refractivity contribution is 0.0958. The molecule has 0 saturated heterocycles. The Morgan fingerprint density at radius 1 is 1.11 bits per heavy atom. The van der Waals surface area contributed by atoms with Gasteiger partial charge in [0.1, 0.15) is 12.4 Å². The van der Waals surface area contributed by atoms with Crippen molar-refractivity contribution in [3.05, 3.63) is 77.9 Å². The lowest BCUT2D eigenvalue weighted by Crippen LogP contribution is -2.23. The number of para-hydroxylation sites is 1. The zero-order valence-electron chi connectivity index (χ0n) is 16.3. The molecule has 0 aliphatic heterocycles. The van der Waals surface area contributed by atoms with Crippen LogP contribution in [0, 0.1) is 11.8 Å². The number of ether oxygens (including phenoxy) is 1. The maximum absolute atomic E-state index is 12.2. The molecule has 0 aliphatic rings. The highest BCUT2D eigenvalue weighted by molar-refractivity contribution is 5.94. The first-order chi connectivity index (χ1) is 12.9. The molecule has 2 aromatic rings. The highest BCUT2D eigenvalue weighted by Gasteiger charge is 2.13. The third-order valence-electron chi connectivity index (χ3n) is 4.11. The van der Waals surface area contributed by atoms with Crippen molar-refractivity contribution in [2.45, 2.75) is 32.6 Å². The lowest BCUT2D eigenvalue weighted by Gasteiger charge is -2.18. The number of carbonyl (C=O) groups is 1. The van der Waals surface area contributed by atoms with Gasteiger partial charge in [-0.2, -0.15) is 0 Å². The van der Waals surface area contributed by atoms with Gasteiger partial charge in [-0.1, -0.05) is 69.0 Å². The van der Waals surface area contributed by atoms with Gasteiger partial charge in [0.05, 0.1) is 6.54 Å². The topological polar surface area (TPSA) is 38.3 Å². The van der Waals surface area contributed by atoms with E-state index < -0.39 is 0 Å². The average Bonchev–Trinajstić information content (AvgIpc) is 2.65. The highest BCUT2D eigenvalue weighted by atomic mass is 16.5. The van der Waals surface area contributed by atoms with Gasteiger partial charge in [0.25, 0.3) is 5.91 Å². The zero-order valence-corrected chi connectivity index (χ0v) is 16.3. The largest absolute Gasteiger partial charge is 0.481 e. The standard InChI is InChI=1S/C24H27NO2/c1-5-10-19-11-6-7-12-22(19)27-18-9-8-17-25-23(26)20-13-15-21(16-14-20)24(2,3)4/h5-7,11-16H,1,10,17-18H2,2-4H3,(H,25,26). The fraction of sp³-hybridized carbons (Fsp3) is 0.292. The summed E-state index contributed by atoms with van der Waals surface area (Å²) in [5.74, 6) is 6.53. The van der Waals surface area contributed by atoms with Crippen LogP contribution in [0.4, 0.5) is 0 Å². The number of carbonyl (C=O) groups excluding carboxylic acids is 1. The van der Waals surface area contributed by atoms with E-state index >= 15 is 0 Å². The van der Waals surface area contributed by atoms with E-state index in [0.29, 0.717) is 5.56 Å². The molecular formula is C24H27NO2. The minimum atomic E-state index is -0.123. The number of benzene rings is 2. The highest BCUT2D eigenvalue weighted by Crippen LogP contribution is 2.22. The number of amides is 1. The van der Waals surface area contributed by atoms with E-state index in [0.717, 1.165) is 17.7 Å². The van der Waals surface area contributed by atoms with Crippen LogP contribution >= 0.6 is 0 Å². The fourth-order valence-corrected chi connectivity index (χ4v) is 2.54. The van der Waals surface area contributed by atoms with Crippen LogP contribution in [0.1, 0.15) is 42.3 Å². The molecule has 1 amide bonds. The zero-order chi connectivity index (χ0) is 19.7. The summed E-state index contributed by atoms with van der Waals surface area (Å²) in [7, 11) is 0. The monoisotopic (exact) mass is 361 g/mol. The first-order valence-electron chi connectivity index (χ1n) is 9.08. The third kappa shape index (κ3) is 6.34. The summed E-state index contributed by atoms with van der Waals surface area (Å²) in [5, 5.41) is 2.81. The fourth-order valence-electron chi connectivity index (χ4n) is 2.54. The van der Waals surface area contributed by atoms with Crippen LogP contribution in [-0.2, 0) is 11.8 Å². The molecule has 1 N–H and O–H groups in total. The van der Waals surface area contributed by atoms with E-state index in [-0.39, 0.29) is 24.5 Å². The smallest absolute Gasteiger partial charge is 0.252 e. The predicted octanol–water partition coefficient (Wildman–Crippen LogP) is 4.52. The second-order valence-electron chi connectivity index (χ2n) is 7.25. The second-order valence-corrected chi connectivity index (χ2v) is 7.25. The molecule has 0 unspecified atom stereocenters. The third-order valence-corrected chi connectivity index (χ3v) is 4.11. The number of allylic oxidation sites excluding steroid dienone is 1. The summed E-state index contributed by atoms with van der Waals surface area (Å²) < 4.78 is 5.69. The van der Waals surface area contributed by atoms with Crippen molar-refractivity contribution < 1.29 is 9.53 Å². The molecule has 2 aromatic carbocycles. The van der Waals surface area contributed by atoms with Crippen molar-refractivity contribution in [3.8, 4) is 17.6 Å². The van der Waals surface area contributed by atoms with Crippen molar-refractivity contribution in [2.75, 3.05) is 13.2 Å². The van der Waals surface area contributed by atoms with Gasteiger partial charge >= 0.3 is 0 Å². The van der Waals surface area contributed by atoms with Crippen LogP contribution in [-0.4, -0.2) is 19.1 Å². The van der Waals surface area contributed by atoms with Gasteiger partial charge < -0.3 is 10.1 Å². The number of nitrogens with one attached hydrogen (secondary N) is 1. The van der Waals surface area contributed by atoms with Crippen molar-refractivity contribution in [1.82, 2.24) is 5.32 Å². The van der Waals surface area contributed by atoms with Crippen LogP contribution in [0.3, 0.4) is 0 Å². The molecule has 3 heteroatoms. The number of rotatable bonds is 6.